The molecule has 0 amide bonds. The maximum absolute atomic E-state index is 4.37. The fraction of sp³-hybridized carbons (Fsp3) is 1.00. The van der Waals surface area contributed by atoms with E-state index in [2.05, 4.69) is 24.5 Å². The first-order valence-corrected chi connectivity index (χ1v) is 6.86. The van der Waals surface area contributed by atoms with E-state index in [9.17, 15) is 0 Å². The van der Waals surface area contributed by atoms with Crippen molar-refractivity contribution in [2.45, 2.75) is 57.9 Å². The van der Waals surface area contributed by atoms with Crippen molar-refractivity contribution in [1.29, 1.82) is 0 Å². The van der Waals surface area contributed by atoms with Crippen LogP contribution in [0.4, 0.5) is 0 Å². The van der Waals surface area contributed by atoms with Gasteiger partial charge in [0, 0.05) is 6.04 Å². The Morgan fingerprint density at radius 3 is 2.43 bits per heavy atom. The van der Waals surface area contributed by atoms with Crippen molar-refractivity contribution < 1.29 is 0 Å². The van der Waals surface area contributed by atoms with Crippen LogP contribution < -0.4 is 0 Å². The molecule has 0 N–H and O–H groups in total. The van der Waals surface area contributed by atoms with Crippen LogP contribution >= 0.6 is 12.6 Å². The lowest BCUT2D eigenvalue weighted by Gasteiger charge is -2.34. The minimum absolute atomic E-state index is 0.827. The van der Waals surface area contributed by atoms with Crippen molar-refractivity contribution in [3.05, 3.63) is 0 Å². The molecule has 1 atom stereocenters. The summed E-state index contributed by atoms with van der Waals surface area (Å²) >= 11 is 4.37. The third-order valence-electron chi connectivity index (χ3n) is 3.26. The van der Waals surface area contributed by atoms with Gasteiger partial charge in [-0.3, -0.25) is 0 Å². The fourth-order valence-electron chi connectivity index (χ4n) is 2.38. The summed E-state index contributed by atoms with van der Waals surface area (Å²) in [5.41, 5.74) is 0. The average Bonchev–Trinajstić information content (AvgIpc) is 2.25. The number of piperidine rings is 1. The Hall–Kier alpha value is 0.310. The van der Waals surface area contributed by atoms with E-state index in [1.54, 1.807) is 0 Å². The summed E-state index contributed by atoms with van der Waals surface area (Å²) < 4.78 is 0. The lowest BCUT2D eigenvalue weighted by atomic mass is 10.0. The zero-order valence-corrected chi connectivity index (χ0v) is 10.4. The van der Waals surface area contributed by atoms with E-state index in [4.69, 9.17) is 0 Å². The highest BCUT2D eigenvalue weighted by Crippen LogP contribution is 2.18. The van der Waals surface area contributed by atoms with Crippen LogP contribution in [-0.4, -0.2) is 29.8 Å². The molecule has 0 aromatic carbocycles. The predicted molar refractivity (Wildman–Crippen MR) is 67.2 cm³/mol. The number of rotatable bonds is 6. The third kappa shape index (κ3) is 4.22. The van der Waals surface area contributed by atoms with Gasteiger partial charge in [-0.25, -0.2) is 0 Å². The van der Waals surface area contributed by atoms with Crippen molar-refractivity contribution in [1.82, 2.24) is 4.90 Å². The van der Waals surface area contributed by atoms with E-state index in [-0.39, 0.29) is 0 Å². The number of thiol groups is 1. The SMILES string of the molecule is CCCCC(CCS)N1CCCCC1. The highest BCUT2D eigenvalue weighted by Gasteiger charge is 2.18. The van der Waals surface area contributed by atoms with Gasteiger partial charge in [-0.2, -0.15) is 12.6 Å². The molecule has 0 bridgehead atoms. The second-order valence-corrected chi connectivity index (χ2v) is 4.85. The number of likely N-dealkylation sites (tertiary alicyclic amines) is 1. The molecule has 0 saturated carbocycles. The number of hydrogen-bond acceptors (Lipinski definition) is 2. The third-order valence-corrected chi connectivity index (χ3v) is 3.52. The molecule has 0 aliphatic carbocycles. The van der Waals surface area contributed by atoms with Gasteiger partial charge in [-0.1, -0.05) is 26.2 Å². The molecule has 1 saturated heterocycles. The molecule has 84 valence electrons. The molecular formula is C12H25NS. The van der Waals surface area contributed by atoms with Crippen LogP contribution in [0.15, 0.2) is 0 Å². The van der Waals surface area contributed by atoms with Crippen LogP contribution in [0.2, 0.25) is 0 Å². The zero-order chi connectivity index (χ0) is 10.2. The summed E-state index contributed by atoms with van der Waals surface area (Å²) in [7, 11) is 0. The summed E-state index contributed by atoms with van der Waals surface area (Å²) in [5, 5.41) is 0. The molecule has 0 radical (unpaired) electrons. The first-order valence-electron chi connectivity index (χ1n) is 6.23. The van der Waals surface area contributed by atoms with E-state index in [1.165, 1.54) is 58.0 Å². The smallest absolute Gasteiger partial charge is 0.0103 e. The summed E-state index contributed by atoms with van der Waals surface area (Å²) in [6, 6.07) is 0.827. The Labute approximate surface area is 94.7 Å². The first-order chi connectivity index (χ1) is 6.88. The van der Waals surface area contributed by atoms with E-state index in [1.807, 2.05) is 0 Å². The highest BCUT2D eigenvalue weighted by molar-refractivity contribution is 7.80. The first kappa shape index (κ1) is 12.4. The van der Waals surface area contributed by atoms with Crippen LogP contribution in [0, 0.1) is 0 Å². The van der Waals surface area contributed by atoms with Crippen molar-refractivity contribution in [3.8, 4) is 0 Å². The Morgan fingerprint density at radius 1 is 1.14 bits per heavy atom. The van der Waals surface area contributed by atoms with Gasteiger partial charge in [0.05, 0.1) is 0 Å². The summed E-state index contributed by atoms with van der Waals surface area (Å²) in [4.78, 5) is 2.70. The Morgan fingerprint density at radius 2 is 1.86 bits per heavy atom. The van der Waals surface area contributed by atoms with Crippen molar-refractivity contribution in [2.75, 3.05) is 18.8 Å². The zero-order valence-electron chi connectivity index (χ0n) is 9.54. The maximum atomic E-state index is 4.37. The monoisotopic (exact) mass is 215 g/mol. The van der Waals surface area contributed by atoms with E-state index in [0.717, 1.165) is 11.8 Å². The van der Waals surface area contributed by atoms with Crippen LogP contribution in [0.1, 0.15) is 51.9 Å². The van der Waals surface area contributed by atoms with Crippen molar-refractivity contribution >= 4 is 12.6 Å². The summed E-state index contributed by atoms with van der Waals surface area (Å²) in [6.45, 7) is 4.96. The summed E-state index contributed by atoms with van der Waals surface area (Å²) in [5.74, 6) is 1.05. The largest absolute Gasteiger partial charge is 0.300 e. The van der Waals surface area contributed by atoms with Crippen molar-refractivity contribution in [3.63, 3.8) is 0 Å². The van der Waals surface area contributed by atoms with Gasteiger partial charge in [0.1, 0.15) is 0 Å². The van der Waals surface area contributed by atoms with Crippen LogP contribution in [0.3, 0.4) is 0 Å². The lowest BCUT2D eigenvalue weighted by molar-refractivity contribution is 0.150. The maximum Gasteiger partial charge on any atom is 0.0103 e. The molecule has 1 unspecified atom stereocenters. The van der Waals surface area contributed by atoms with Gasteiger partial charge < -0.3 is 4.90 Å². The van der Waals surface area contributed by atoms with Crippen LogP contribution in [-0.2, 0) is 0 Å². The molecule has 1 aliphatic heterocycles. The van der Waals surface area contributed by atoms with Gasteiger partial charge in [-0.05, 0) is 44.5 Å². The molecule has 0 aromatic heterocycles. The van der Waals surface area contributed by atoms with E-state index in [0.29, 0.717) is 0 Å². The van der Waals surface area contributed by atoms with Crippen LogP contribution in [0.25, 0.3) is 0 Å². The molecule has 1 aliphatic rings. The van der Waals surface area contributed by atoms with Gasteiger partial charge in [0.15, 0.2) is 0 Å². The molecular weight excluding hydrogens is 190 g/mol. The normalized spacial score (nSPS) is 21.0. The molecule has 14 heavy (non-hydrogen) atoms. The minimum Gasteiger partial charge on any atom is -0.300 e. The second kappa shape index (κ2) is 7.58. The minimum atomic E-state index is 0.827. The van der Waals surface area contributed by atoms with E-state index < -0.39 is 0 Å². The summed E-state index contributed by atoms with van der Waals surface area (Å²) in [6.07, 6.45) is 9.65. The predicted octanol–water partition coefficient (Wildman–Crippen LogP) is 3.35. The number of unbranched alkanes of at least 4 members (excludes halogenated alkanes) is 1. The topological polar surface area (TPSA) is 3.24 Å². The van der Waals surface area contributed by atoms with Gasteiger partial charge in [0.25, 0.3) is 0 Å². The lowest BCUT2D eigenvalue weighted by Crippen LogP contribution is -2.39. The molecule has 0 spiro atoms. The molecule has 2 heteroatoms. The fourth-order valence-corrected chi connectivity index (χ4v) is 2.68. The molecule has 1 heterocycles. The number of hydrogen-bond donors (Lipinski definition) is 1. The van der Waals surface area contributed by atoms with Gasteiger partial charge in [-0.15, -0.1) is 0 Å². The Balaban J connectivity index is 2.30. The van der Waals surface area contributed by atoms with Crippen LogP contribution in [0.5, 0.6) is 0 Å². The molecule has 1 fully saturated rings. The van der Waals surface area contributed by atoms with Crippen molar-refractivity contribution in [2.24, 2.45) is 0 Å². The van der Waals surface area contributed by atoms with Gasteiger partial charge >= 0.3 is 0 Å². The Bertz CT molecular complexity index is 132. The number of nitrogens with zero attached hydrogens (tertiary/aromatic N) is 1. The molecule has 1 rings (SSSR count). The quantitative estimate of drug-likeness (QED) is 0.665. The molecule has 0 aromatic rings. The Kier molecular flexibility index (Phi) is 6.70. The molecule has 1 nitrogen and oxygen atoms in total. The average molecular weight is 215 g/mol. The standard InChI is InChI=1S/C12H25NS/c1-2-3-7-12(8-11-14)13-9-5-4-6-10-13/h12,14H,2-11H2,1H3. The second-order valence-electron chi connectivity index (χ2n) is 4.40. The van der Waals surface area contributed by atoms with E-state index >= 15 is 0 Å². The van der Waals surface area contributed by atoms with Gasteiger partial charge in [0.2, 0.25) is 0 Å². The highest BCUT2D eigenvalue weighted by atomic mass is 32.1.